The lowest BCUT2D eigenvalue weighted by atomic mass is 10.1. The second kappa shape index (κ2) is 7.86. The number of hydrogen-bond donors (Lipinski definition) is 1. The van der Waals surface area contributed by atoms with E-state index < -0.39 is 5.91 Å². The number of piperidine rings is 1. The van der Waals surface area contributed by atoms with Crippen molar-refractivity contribution in [1.29, 1.82) is 0 Å². The molecule has 1 aromatic heterocycles. The van der Waals surface area contributed by atoms with Crippen molar-refractivity contribution < 1.29 is 9.59 Å². The first-order valence-corrected chi connectivity index (χ1v) is 9.32. The van der Waals surface area contributed by atoms with Gasteiger partial charge in [0.05, 0.1) is 11.1 Å². The topological polar surface area (TPSA) is 71.4 Å². The SMILES string of the molecule is Cn1cc(C(=O)N2CCCCC2)cc(NC(=O)c2ccccc2Br)c1=O. The number of carbonyl (C=O) groups excluding carboxylic acids is 2. The molecule has 3 rings (SSSR count). The number of likely N-dealkylation sites (tertiary alicyclic amines) is 1. The van der Waals surface area contributed by atoms with Gasteiger partial charge in [0, 0.05) is 30.8 Å². The Kier molecular flexibility index (Phi) is 5.56. The molecule has 0 spiro atoms. The van der Waals surface area contributed by atoms with Crippen molar-refractivity contribution in [2.45, 2.75) is 19.3 Å². The highest BCUT2D eigenvalue weighted by molar-refractivity contribution is 9.10. The van der Waals surface area contributed by atoms with Gasteiger partial charge >= 0.3 is 0 Å². The van der Waals surface area contributed by atoms with Crippen LogP contribution in [0.2, 0.25) is 0 Å². The average Bonchev–Trinajstić information content (AvgIpc) is 2.65. The van der Waals surface area contributed by atoms with Gasteiger partial charge in [0.25, 0.3) is 17.4 Å². The summed E-state index contributed by atoms with van der Waals surface area (Å²) in [5, 5.41) is 2.63. The first kappa shape index (κ1) is 18.4. The number of pyridine rings is 1. The molecule has 2 amide bonds. The molecule has 0 radical (unpaired) electrons. The Labute approximate surface area is 159 Å². The van der Waals surface area contributed by atoms with E-state index in [4.69, 9.17) is 0 Å². The van der Waals surface area contributed by atoms with Crippen molar-refractivity contribution in [3.63, 3.8) is 0 Å². The van der Waals surface area contributed by atoms with Gasteiger partial charge in [-0.25, -0.2) is 0 Å². The van der Waals surface area contributed by atoms with Crippen molar-refractivity contribution in [1.82, 2.24) is 9.47 Å². The molecule has 2 aromatic rings. The fourth-order valence-corrected chi connectivity index (χ4v) is 3.50. The molecule has 0 saturated carbocycles. The summed E-state index contributed by atoms with van der Waals surface area (Å²) in [5.74, 6) is -0.520. The van der Waals surface area contributed by atoms with Gasteiger partial charge < -0.3 is 14.8 Å². The fourth-order valence-electron chi connectivity index (χ4n) is 3.03. The highest BCUT2D eigenvalue weighted by Gasteiger charge is 2.21. The predicted molar refractivity (Wildman–Crippen MR) is 104 cm³/mol. The van der Waals surface area contributed by atoms with Gasteiger partial charge in [0.1, 0.15) is 5.69 Å². The third kappa shape index (κ3) is 3.88. The van der Waals surface area contributed by atoms with Gasteiger partial charge in [-0.05, 0) is 53.4 Å². The first-order chi connectivity index (χ1) is 12.5. The molecule has 136 valence electrons. The fraction of sp³-hybridized carbons (Fsp3) is 0.316. The maximum atomic E-state index is 12.7. The van der Waals surface area contributed by atoms with Crippen LogP contribution < -0.4 is 10.9 Å². The van der Waals surface area contributed by atoms with Crippen LogP contribution in [0, 0.1) is 0 Å². The van der Waals surface area contributed by atoms with Gasteiger partial charge in [-0.3, -0.25) is 14.4 Å². The molecule has 2 heterocycles. The van der Waals surface area contributed by atoms with E-state index in [1.165, 1.54) is 16.8 Å². The number of nitrogens with one attached hydrogen (secondary N) is 1. The Hall–Kier alpha value is -2.41. The monoisotopic (exact) mass is 417 g/mol. The lowest BCUT2D eigenvalue weighted by Gasteiger charge is -2.27. The summed E-state index contributed by atoms with van der Waals surface area (Å²) < 4.78 is 1.96. The number of benzene rings is 1. The third-order valence-electron chi connectivity index (χ3n) is 4.44. The van der Waals surface area contributed by atoms with E-state index in [1.807, 2.05) is 0 Å². The zero-order valence-corrected chi connectivity index (χ0v) is 16.1. The normalized spacial score (nSPS) is 14.2. The van der Waals surface area contributed by atoms with Gasteiger partial charge in [-0.15, -0.1) is 0 Å². The highest BCUT2D eigenvalue weighted by atomic mass is 79.9. The van der Waals surface area contributed by atoms with Crippen molar-refractivity contribution in [2.24, 2.45) is 7.05 Å². The second-order valence-electron chi connectivity index (χ2n) is 6.35. The Balaban J connectivity index is 1.89. The van der Waals surface area contributed by atoms with E-state index in [9.17, 15) is 14.4 Å². The summed E-state index contributed by atoms with van der Waals surface area (Å²) >= 11 is 3.33. The van der Waals surface area contributed by atoms with Crippen LogP contribution in [-0.2, 0) is 7.05 Å². The minimum atomic E-state index is -0.405. The van der Waals surface area contributed by atoms with E-state index >= 15 is 0 Å². The predicted octanol–water partition coefficient (Wildman–Crippen LogP) is 3.03. The zero-order valence-electron chi connectivity index (χ0n) is 14.5. The Morgan fingerprint density at radius 3 is 2.50 bits per heavy atom. The van der Waals surface area contributed by atoms with Crippen LogP contribution in [0.4, 0.5) is 5.69 Å². The summed E-state index contributed by atoms with van der Waals surface area (Å²) in [6.07, 6.45) is 4.63. The molecule has 1 aliphatic rings. The van der Waals surface area contributed by atoms with Gasteiger partial charge in [-0.2, -0.15) is 0 Å². The maximum absolute atomic E-state index is 12.7. The van der Waals surface area contributed by atoms with Crippen LogP contribution in [0.1, 0.15) is 40.0 Å². The molecule has 1 aromatic carbocycles. The molecular weight excluding hydrogens is 398 g/mol. The van der Waals surface area contributed by atoms with Crippen LogP contribution in [0.15, 0.2) is 45.8 Å². The van der Waals surface area contributed by atoms with Gasteiger partial charge in [0.2, 0.25) is 0 Å². The minimum absolute atomic E-state index is 0.0936. The van der Waals surface area contributed by atoms with Crippen LogP contribution in [0.25, 0.3) is 0 Å². The number of aromatic nitrogens is 1. The number of anilines is 1. The summed E-state index contributed by atoms with van der Waals surface area (Å²) in [6, 6.07) is 8.43. The molecule has 0 unspecified atom stereocenters. The Morgan fingerprint density at radius 2 is 1.81 bits per heavy atom. The molecule has 1 aliphatic heterocycles. The minimum Gasteiger partial charge on any atom is -0.339 e. The zero-order chi connectivity index (χ0) is 18.7. The van der Waals surface area contributed by atoms with Crippen LogP contribution >= 0.6 is 15.9 Å². The van der Waals surface area contributed by atoms with E-state index in [0.29, 0.717) is 15.6 Å². The first-order valence-electron chi connectivity index (χ1n) is 8.53. The second-order valence-corrected chi connectivity index (χ2v) is 7.20. The quantitative estimate of drug-likeness (QED) is 0.833. The summed E-state index contributed by atoms with van der Waals surface area (Å²) in [4.78, 5) is 39.4. The van der Waals surface area contributed by atoms with E-state index in [-0.39, 0.29) is 17.2 Å². The summed E-state index contributed by atoms with van der Waals surface area (Å²) in [5.41, 5.74) is 0.551. The number of hydrogen-bond acceptors (Lipinski definition) is 3. The van der Waals surface area contributed by atoms with Gasteiger partial charge in [0.15, 0.2) is 0 Å². The number of amides is 2. The molecule has 1 saturated heterocycles. The van der Waals surface area contributed by atoms with Crippen molar-refractivity contribution in [2.75, 3.05) is 18.4 Å². The molecule has 1 N–H and O–H groups in total. The standard InChI is InChI=1S/C19H20BrN3O3/c1-22-12-13(18(25)23-9-5-2-6-10-23)11-16(19(22)26)21-17(24)14-7-3-4-8-15(14)20/h3-4,7-8,11-12H,2,5-6,9-10H2,1H3,(H,21,24). The highest BCUT2D eigenvalue weighted by Crippen LogP contribution is 2.18. The largest absolute Gasteiger partial charge is 0.339 e. The number of aryl methyl sites for hydroxylation is 1. The van der Waals surface area contributed by atoms with Crippen LogP contribution in [0.3, 0.4) is 0 Å². The molecule has 26 heavy (non-hydrogen) atoms. The number of carbonyl (C=O) groups is 2. The molecule has 0 bridgehead atoms. The van der Waals surface area contributed by atoms with Gasteiger partial charge in [-0.1, -0.05) is 12.1 Å². The molecule has 6 nitrogen and oxygen atoms in total. The maximum Gasteiger partial charge on any atom is 0.274 e. The van der Waals surface area contributed by atoms with Crippen LogP contribution in [-0.4, -0.2) is 34.4 Å². The molecule has 1 fully saturated rings. The van der Waals surface area contributed by atoms with E-state index in [1.54, 1.807) is 36.2 Å². The number of rotatable bonds is 3. The van der Waals surface area contributed by atoms with E-state index in [2.05, 4.69) is 21.2 Å². The van der Waals surface area contributed by atoms with Crippen molar-refractivity contribution >= 4 is 33.4 Å². The Morgan fingerprint density at radius 1 is 1.12 bits per heavy atom. The molecule has 0 atom stereocenters. The average molecular weight is 418 g/mol. The molecular formula is C19H20BrN3O3. The number of halogens is 1. The Bertz CT molecular complexity index is 901. The smallest absolute Gasteiger partial charge is 0.274 e. The molecule has 7 heteroatoms. The lowest BCUT2D eigenvalue weighted by Crippen LogP contribution is -2.36. The van der Waals surface area contributed by atoms with E-state index in [0.717, 1.165) is 32.4 Å². The molecule has 0 aliphatic carbocycles. The number of nitrogens with zero attached hydrogens (tertiary/aromatic N) is 2. The van der Waals surface area contributed by atoms with Crippen molar-refractivity contribution in [3.8, 4) is 0 Å². The summed E-state index contributed by atoms with van der Waals surface area (Å²) in [6.45, 7) is 1.45. The van der Waals surface area contributed by atoms with Crippen LogP contribution in [0.5, 0.6) is 0 Å². The lowest BCUT2D eigenvalue weighted by molar-refractivity contribution is 0.0723. The van der Waals surface area contributed by atoms with Crippen molar-refractivity contribution in [3.05, 3.63) is 62.5 Å². The third-order valence-corrected chi connectivity index (χ3v) is 5.13. The summed E-state index contributed by atoms with van der Waals surface area (Å²) in [7, 11) is 1.57.